The fourth-order valence-electron chi connectivity index (χ4n) is 1.94. The molecule has 5 heteroatoms. The lowest BCUT2D eigenvalue weighted by Crippen LogP contribution is -2.05. The van der Waals surface area contributed by atoms with Gasteiger partial charge in [-0.1, -0.05) is 19.2 Å². The van der Waals surface area contributed by atoms with Gasteiger partial charge < -0.3 is 4.98 Å². The topological polar surface area (TPSA) is 28.7 Å². The molecule has 2 rings (SSSR count). The van der Waals surface area contributed by atoms with Crippen LogP contribution in [-0.4, -0.2) is 9.97 Å². The van der Waals surface area contributed by atoms with E-state index in [-0.39, 0.29) is 0 Å². The molecule has 0 aliphatic heterocycles. The maximum absolute atomic E-state index is 12.6. The van der Waals surface area contributed by atoms with Crippen LogP contribution in [0.2, 0.25) is 0 Å². The Labute approximate surface area is 114 Å². The Balaban J connectivity index is 2.51. The molecule has 0 aliphatic rings. The van der Waals surface area contributed by atoms with Gasteiger partial charge in [-0.25, -0.2) is 4.98 Å². The fraction of sp³-hybridized carbons (Fsp3) is 0.133. The fourth-order valence-corrected chi connectivity index (χ4v) is 1.94. The molecule has 0 radical (unpaired) electrons. The van der Waals surface area contributed by atoms with Gasteiger partial charge in [-0.3, -0.25) is 0 Å². The molecule has 1 N–H and O–H groups in total. The third kappa shape index (κ3) is 2.52. The van der Waals surface area contributed by atoms with Crippen LogP contribution in [-0.2, 0) is 6.18 Å². The van der Waals surface area contributed by atoms with Gasteiger partial charge in [-0.05, 0) is 36.8 Å². The molecule has 0 saturated heterocycles. The molecule has 0 aliphatic carbocycles. The zero-order valence-electron chi connectivity index (χ0n) is 10.9. The van der Waals surface area contributed by atoms with Crippen LogP contribution in [0.1, 0.15) is 22.5 Å². The molecule has 1 heterocycles. The summed E-state index contributed by atoms with van der Waals surface area (Å²) in [7, 11) is 0. The predicted octanol–water partition coefficient (Wildman–Crippen LogP) is 4.69. The van der Waals surface area contributed by atoms with Crippen LogP contribution >= 0.6 is 0 Å². The minimum Gasteiger partial charge on any atom is -0.338 e. The zero-order valence-corrected chi connectivity index (χ0v) is 10.9. The van der Waals surface area contributed by atoms with Gasteiger partial charge in [-0.2, -0.15) is 13.2 Å². The molecule has 2 aromatic rings. The SMILES string of the molecule is C=Cc1nc(-c2ccc(C(F)(F)F)cc2C)[nH]c1C=C. The maximum atomic E-state index is 12.6. The van der Waals surface area contributed by atoms with Crippen molar-refractivity contribution in [1.29, 1.82) is 0 Å². The minimum atomic E-state index is -4.34. The van der Waals surface area contributed by atoms with Crippen LogP contribution in [0.4, 0.5) is 13.2 Å². The van der Waals surface area contributed by atoms with Gasteiger partial charge in [0.15, 0.2) is 0 Å². The molecule has 0 spiro atoms. The third-order valence-electron chi connectivity index (χ3n) is 2.97. The van der Waals surface area contributed by atoms with Crippen molar-refractivity contribution < 1.29 is 13.2 Å². The summed E-state index contributed by atoms with van der Waals surface area (Å²) in [5.41, 5.74) is 1.76. The van der Waals surface area contributed by atoms with Gasteiger partial charge >= 0.3 is 6.18 Å². The standard InChI is InChI=1S/C15H13F3N2/c1-4-12-13(5-2)20-14(19-12)11-7-6-10(8-9(11)3)15(16,17)18/h4-8H,1-2H2,3H3,(H,19,20). The summed E-state index contributed by atoms with van der Waals surface area (Å²) in [6.07, 6.45) is -1.19. The van der Waals surface area contributed by atoms with Crippen LogP contribution in [0, 0.1) is 6.92 Å². The maximum Gasteiger partial charge on any atom is 0.416 e. The second kappa shape index (κ2) is 5.00. The smallest absolute Gasteiger partial charge is 0.338 e. The molecular formula is C15H13F3N2. The number of aryl methyl sites for hydroxylation is 1. The molecule has 0 bridgehead atoms. The highest BCUT2D eigenvalue weighted by molar-refractivity contribution is 5.67. The first-order valence-electron chi connectivity index (χ1n) is 5.90. The molecule has 104 valence electrons. The van der Waals surface area contributed by atoms with Gasteiger partial charge in [0.2, 0.25) is 0 Å². The Kier molecular flexibility index (Phi) is 3.53. The Morgan fingerprint density at radius 1 is 1.20 bits per heavy atom. The predicted molar refractivity (Wildman–Crippen MR) is 73.9 cm³/mol. The lowest BCUT2D eigenvalue weighted by atomic mass is 10.0. The number of halogens is 3. The summed E-state index contributed by atoms with van der Waals surface area (Å²) >= 11 is 0. The number of aromatic nitrogens is 2. The first-order valence-corrected chi connectivity index (χ1v) is 5.90. The summed E-state index contributed by atoms with van der Waals surface area (Å²) in [6.45, 7) is 8.90. The number of nitrogens with zero attached hydrogens (tertiary/aromatic N) is 1. The van der Waals surface area contributed by atoms with Crippen molar-refractivity contribution in [3.8, 4) is 11.4 Å². The van der Waals surface area contributed by atoms with E-state index >= 15 is 0 Å². The molecule has 1 aromatic heterocycles. The average Bonchev–Trinajstić information content (AvgIpc) is 2.80. The van der Waals surface area contributed by atoms with Crippen molar-refractivity contribution in [2.75, 3.05) is 0 Å². The van der Waals surface area contributed by atoms with Crippen molar-refractivity contribution in [2.24, 2.45) is 0 Å². The average molecular weight is 278 g/mol. The number of imidazole rings is 1. The molecule has 0 atom stereocenters. The van der Waals surface area contributed by atoms with Crippen LogP contribution in [0.3, 0.4) is 0 Å². The number of alkyl halides is 3. The van der Waals surface area contributed by atoms with E-state index < -0.39 is 11.7 Å². The largest absolute Gasteiger partial charge is 0.416 e. The van der Waals surface area contributed by atoms with Crippen LogP contribution < -0.4 is 0 Å². The summed E-state index contributed by atoms with van der Waals surface area (Å²) < 4.78 is 37.9. The van der Waals surface area contributed by atoms with Gasteiger partial charge in [0.25, 0.3) is 0 Å². The van der Waals surface area contributed by atoms with Crippen LogP contribution in [0.15, 0.2) is 31.4 Å². The second-order valence-corrected chi connectivity index (χ2v) is 4.32. The Bertz CT molecular complexity index is 641. The minimum absolute atomic E-state index is 0.500. The number of nitrogens with one attached hydrogen (secondary N) is 1. The van der Waals surface area contributed by atoms with Gasteiger partial charge in [0.05, 0.1) is 17.0 Å². The Hall–Kier alpha value is -2.30. The van der Waals surface area contributed by atoms with Gasteiger partial charge in [0, 0.05) is 5.56 Å². The van der Waals surface area contributed by atoms with E-state index in [2.05, 4.69) is 23.1 Å². The summed E-state index contributed by atoms with van der Waals surface area (Å²) in [5, 5.41) is 0. The van der Waals surface area contributed by atoms with Crippen LogP contribution in [0.5, 0.6) is 0 Å². The number of hydrogen-bond acceptors (Lipinski definition) is 1. The number of rotatable bonds is 3. The number of H-pyrrole nitrogens is 1. The molecule has 20 heavy (non-hydrogen) atoms. The van der Waals surface area contributed by atoms with Crippen molar-refractivity contribution in [3.05, 3.63) is 53.9 Å². The third-order valence-corrected chi connectivity index (χ3v) is 2.97. The van der Waals surface area contributed by atoms with Gasteiger partial charge in [0.1, 0.15) is 5.82 Å². The Morgan fingerprint density at radius 2 is 1.90 bits per heavy atom. The van der Waals surface area contributed by atoms with Crippen molar-refractivity contribution in [3.63, 3.8) is 0 Å². The van der Waals surface area contributed by atoms with Gasteiger partial charge in [-0.15, -0.1) is 0 Å². The monoisotopic (exact) mass is 278 g/mol. The summed E-state index contributed by atoms with van der Waals surface area (Å²) in [5.74, 6) is 0.501. The first kappa shape index (κ1) is 14.1. The van der Waals surface area contributed by atoms with Crippen molar-refractivity contribution in [2.45, 2.75) is 13.1 Å². The molecule has 2 nitrogen and oxygen atoms in total. The highest BCUT2D eigenvalue weighted by Gasteiger charge is 2.30. The normalized spacial score (nSPS) is 11.4. The van der Waals surface area contributed by atoms with E-state index in [0.29, 0.717) is 28.3 Å². The zero-order chi connectivity index (χ0) is 14.9. The van der Waals surface area contributed by atoms with Crippen molar-refractivity contribution in [1.82, 2.24) is 9.97 Å². The highest BCUT2D eigenvalue weighted by atomic mass is 19.4. The van der Waals surface area contributed by atoms with E-state index in [9.17, 15) is 13.2 Å². The lowest BCUT2D eigenvalue weighted by Gasteiger charge is -2.09. The van der Waals surface area contributed by atoms with E-state index in [1.807, 2.05) is 0 Å². The molecule has 0 unspecified atom stereocenters. The number of aromatic amines is 1. The van der Waals surface area contributed by atoms with E-state index in [1.165, 1.54) is 6.07 Å². The number of hydrogen-bond donors (Lipinski definition) is 1. The second-order valence-electron chi connectivity index (χ2n) is 4.32. The lowest BCUT2D eigenvalue weighted by molar-refractivity contribution is -0.137. The summed E-state index contributed by atoms with van der Waals surface area (Å²) in [6, 6.07) is 3.57. The Morgan fingerprint density at radius 3 is 2.35 bits per heavy atom. The molecule has 0 saturated carbocycles. The number of benzene rings is 1. The highest BCUT2D eigenvalue weighted by Crippen LogP contribution is 2.32. The molecule has 0 amide bonds. The van der Waals surface area contributed by atoms with E-state index in [1.54, 1.807) is 19.1 Å². The van der Waals surface area contributed by atoms with Crippen LogP contribution in [0.25, 0.3) is 23.5 Å². The molecule has 0 fully saturated rings. The quantitative estimate of drug-likeness (QED) is 0.866. The molecular weight excluding hydrogens is 265 g/mol. The first-order chi connectivity index (χ1) is 9.36. The van der Waals surface area contributed by atoms with E-state index in [0.717, 1.165) is 12.1 Å². The molecule has 1 aromatic carbocycles. The summed E-state index contributed by atoms with van der Waals surface area (Å²) in [4.78, 5) is 7.31. The van der Waals surface area contributed by atoms with Crippen molar-refractivity contribution >= 4 is 12.2 Å². The van der Waals surface area contributed by atoms with E-state index in [4.69, 9.17) is 0 Å².